The topological polar surface area (TPSA) is 76.3 Å². The van der Waals surface area contributed by atoms with Crippen LogP contribution in [0.2, 0.25) is 0 Å². The van der Waals surface area contributed by atoms with Gasteiger partial charge in [0.25, 0.3) is 0 Å². The Hall–Kier alpha value is -1.14. The van der Waals surface area contributed by atoms with Crippen LogP contribution in [0.5, 0.6) is 0 Å². The maximum Gasteiger partial charge on any atom is 0.242 e. The van der Waals surface area contributed by atoms with Crippen molar-refractivity contribution < 1.29 is 8.42 Å². The Labute approximate surface area is 83.6 Å². The molecule has 0 aromatic carbocycles. The van der Waals surface area contributed by atoms with E-state index in [2.05, 4.69) is 4.98 Å². The van der Waals surface area contributed by atoms with Crippen LogP contribution in [0.25, 0.3) is 0 Å². The number of pyridine rings is 1. The summed E-state index contributed by atoms with van der Waals surface area (Å²) in [5.74, 6) is 0.204. The summed E-state index contributed by atoms with van der Waals surface area (Å²) in [5, 5.41) is 0. The van der Waals surface area contributed by atoms with E-state index < -0.39 is 10.0 Å². The van der Waals surface area contributed by atoms with Crippen molar-refractivity contribution in [1.29, 1.82) is 0 Å². The summed E-state index contributed by atoms with van der Waals surface area (Å²) in [4.78, 5) is 3.91. The molecule has 0 unspecified atom stereocenters. The Balaban J connectivity index is 3.17. The third-order valence-corrected chi connectivity index (χ3v) is 3.83. The zero-order chi connectivity index (χ0) is 10.8. The maximum absolute atomic E-state index is 11.8. The van der Waals surface area contributed by atoms with Crippen molar-refractivity contribution in [1.82, 2.24) is 9.29 Å². The molecule has 14 heavy (non-hydrogen) atoms. The number of nitrogens with zero attached hydrogens (tertiary/aromatic N) is 2. The first-order chi connectivity index (χ1) is 6.48. The first kappa shape index (κ1) is 10.9. The summed E-state index contributed by atoms with van der Waals surface area (Å²) in [6.45, 7) is 2.19. The average molecular weight is 215 g/mol. The van der Waals surface area contributed by atoms with Crippen LogP contribution in [-0.2, 0) is 10.0 Å². The van der Waals surface area contributed by atoms with Gasteiger partial charge in [0.15, 0.2) is 0 Å². The molecule has 2 N–H and O–H groups in total. The van der Waals surface area contributed by atoms with Gasteiger partial charge in [0.1, 0.15) is 5.82 Å². The molecule has 0 bridgehead atoms. The molecule has 0 spiro atoms. The smallest absolute Gasteiger partial charge is 0.242 e. The monoisotopic (exact) mass is 215 g/mol. The van der Waals surface area contributed by atoms with E-state index in [0.29, 0.717) is 6.54 Å². The molecule has 1 aromatic rings. The Morgan fingerprint density at radius 2 is 2.21 bits per heavy atom. The van der Waals surface area contributed by atoms with Crippen molar-refractivity contribution >= 4 is 15.8 Å². The number of nitrogens with two attached hydrogens (primary N) is 1. The number of sulfonamides is 1. The van der Waals surface area contributed by atoms with Crippen LogP contribution in [-0.4, -0.2) is 31.3 Å². The van der Waals surface area contributed by atoms with Crippen LogP contribution in [0.3, 0.4) is 0 Å². The van der Waals surface area contributed by atoms with Crippen molar-refractivity contribution in [3.63, 3.8) is 0 Å². The van der Waals surface area contributed by atoms with Gasteiger partial charge in [-0.3, -0.25) is 0 Å². The molecule has 0 saturated heterocycles. The predicted molar refractivity (Wildman–Crippen MR) is 54.1 cm³/mol. The Morgan fingerprint density at radius 1 is 1.57 bits per heavy atom. The van der Waals surface area contributed by atoms with E-state index in [1.807, 2.05) is 0 Å². The number of aromatic nitrogens is 1. The van der Waals surface area contributed by atoms with Gasteiger partial charge >= 0.3 is 0 Å². The molecule has 0 aliphatic heterocycles. The second-order valence-corrected chi connectivity index (χ2v) is 4.88. The second kappa shape index (κ2) is 3.93. The summed E-state index contributed by atoms with van der Waals surface area (Å²) in [6.07, 6.45) is 1.38. The third kappa shape index (κ3) is 2.02. The zero-order valence-electron chi connectivity index (χ0n) is 8.14. The minimum atomic E-state index is -3.40. The summed E-state index contributed by atoms with van der Waals surface area (Å²) in [5.41, 5.74) is 5.40. The molecule has 5 nitrogen and oxygen atoms in total. The van der Waals surface area contributed by atoms with Crippen LogP contribution in [0.4, 0.5) is 5.82 Å². The van der Waals surface area contributed by atoms with E-state index in [-0.39, 0.29) is 10.7 Å². The van der Waals surface area contributed by atoms with Crippen LogP contribution < -0.4 is 5.73 Å². The van der Waals surface area contributed by atoms with Crippen LogP contribution in [0.1, 0.15) is 6.92 Å². The van der Waals surface area contributed by atoms with Gasteiger partial charge in [-0.25, -0.2) is 17.7 Å². The van der Waals surface area contributed by atoms with E-state index in [4.69, 9.17) is 5.73 Å². The molecule has 0 radical (unpaired) electrons. The molecule has 0 aliphatic carbocycles. The first-order valence-electron chi connectivity index (χ1n) is 4.16. The first-order valence-corrected chi connectivity index (χ1v) is 5.60. The van der Waals surface area contributed by atoms with Gasteiger partial charge in [-0.05, 0) is 6.07 Å². The average Bonchev–Trinajstić information content (AvgIpc) is 2.16. The van der Waals surface area contributed by atoms with Gasteiger partial charge in [0, 0.05) is 25.9 Å². The number of anilines is 1. The highest BCUT2D eigenvalue weighted by molar-refractivity contribution is 7.89. The van der Waals surface area contributed by atoms with Gasteiger partial charge in [-0.2, -0.15) is 0 Å². The fourth-order valence-corrected chi connectivity index (χ4v) is 2.14. The van der Waals surface area contributed by atoms with Crippen LogP contribution in [0, 0.1) is 0 Å². The van der Waals surface area contributed by atoms with E-state index in [9.17, 15) is 8.42 Å². The highest BCUT2D eigenvalue weighted by Gasteiger charge is 2.19. The number of rotatable bonds is 3. The molecule has 0 saturated carbocycles. The molecule has 1 aromatic heterocycles. The number of hydrogen-bond acceptors (Lipinski definition) is 4. The van der Waals surface area contributed by atoms with Crippen molar-refractivity contribution in [2.75, 3.05) is 19.3 Å². The standard InChI is InChI=1S/C8H13N3O2S/c1-3-11(2)14(12,13)7-4-5-10-8(9)6-7/h4-6H,3H2,1-2H3,(H2,9,10). The quantitative estimate of drug-likeness (QED) is 0.787. The second-order valence-electron chi connectivity index (χ2n) is 2.84. The fraction of sp³-hybridized carbons (Fsp3) is 0.375. The van der Waals surface area contributed by atoms with Gasteiger partial charge in [0.05, 0.1) is 4.90 Å². The zero-order valence-corrected chi connectivity index (χ0v) is 8.95. The molecule has 78 valence electrons. The highest BCUT2D eigenvalue weighted by Crippen LogP contribution is 2.14. The van der Waals surface area contributed by atoms with E-state index in [0.717, 1.165) is 0 Å². The summed E-state index contributed by atoms with van der Waals surface area (Å²) < 4.78 is 24.8. The van der Waals surface area contributed by atoms with Crippen molar-refractivity contribution in [3.8, 4) is 0 Å². The molecular formula is C8H13N3O2S. The van der Waals surface area contributed by atoms with Gasteiger partial charge < -0.3 is 5.73 Å². The van der Waals surface area contributed by atoms with Gasteiger partial charge in [-0.1, -0.05) is 6.92 Å². The lowest BCUT2D eigenvalue weighted by Crippen LogP contribution is -2.26. The Kier molecular flexibility index (Phi) is 3.07. The molecule has 1 heterocycles. The van der Waals surface area contributed by atoms with E-state index in [1.54, 1.807) is 6.92 Å². The Bertz CT molecular complexity index is 416. The van der Waals surface area contributed by atoms with Crippen molar-refractivity contribution in [2.24, 2.45) is 0 Å². The van der Waals surface area contributed by atoms with Crippen molar-refractivity contribution in [3.05, 3.63) is 18.3 Å². The van der Waals surface area contributed by atoms with Crippen LogP contribution in [0.15, 0.2) is 23.2 Å². The van der Waals surface area contributed by atoms with E-state index in [1.165, 1.54) is 29.7 Å². The lowest BCUT2D eigenvalue weighted by Gasteiger charge is -2.14. The molecule has 0 atom stereocenters. The predicted octanol–water partition coefficient (Wildman–Crippen LogP) is 0.304. The summed E-state index contributed by atoms with van der Waals surface area (Å²) >= 11 is 0. The molecular weight excluding hydrogens is 202 g/mol. The van der Waals surface area contributed by atoms with Crippen molar-refractivity contribution in [2.45, 2.75) is 11.8 Å². The van der Waals surface area contributed by atoms with Gasteiger partial charge in [-0.15, -0.1) is 0 Å². The molecule has 0 amide bonds. The normalized spacial score (nSPS) is 11.9. The minimum Gasteiger partial charge on any atom is -0.384 e. The summed E-state index contributed by atoms with van der Waals surface area (Å²) in [6, 6.07) is 2.78. The minimum absolute atomic E-state index is 0.175. The maximum atomic E-state index is 11.8. The van der Waals surface area contributed by atoms with Gasteiger partial charge in [0.2, 0.25) is 10.0 Å². The SMILES string of the molecule is CCN(C)S(=O)(=O)c1ccnc(N)c1. The third-order valence-electron chi connectivity index (χ3n) is 1.91. The lowest BCUT2D eigenvalue weighted by atomic mass is 10.5. The summed E-state index contributed by atoms with van der Waals surface area (Å²) in [7, 11) is -1.88. The largest absolute Gasteiger partial charge is 0.384 e. The number of hydrogen-bond donors (Lipinski definition) is 1. The van der Waals surface area contributed by atoms with Crippen LogP contribution >= 0.6 is 0 Å². The molecule has 6 heteroatoms. The lowest BCUT2D eigenvalue weighted by molar-refractivity contribution is 0.486. The fourth-order valence-electron chi connectivity index (χ4n) is 0.938. The molecule has 0 aliphatic rings. The number of nitrogen functional groups attached to an aromatic ring is 1. The molecule has 1 rings (SSSR count). The molecule has 0 fully saturated rings. The van der Waals surface area contributed by atoms with E-state index >= 15 is 0 Å². The highest BCUT2D eigenvalue weighted by atomic mass is 32.2. The Morgan fingerprint density at radius 3 is 2.71 bits per heavy atom.